The number of hydrogen-bond donors (Lipinski definition) is 0. The maximum absolute atomic E-state index is 3.56. The Bertz CT molecular complexity index is 53.1. The van der Waals surface area contributed by atoms with Gasteiger partial charge in [-0.1, -0.05) is 26.7 Å². The van der Waals surface area contributed by atoms with Crippen molar-refractivity contribution in [2.24, 2.45) is 11.8 Å². The molecule has 0 saturated carbocycles. The molecular formula is C7H13-. The summed E-state index contributed by atoms with van der Waals surface area (Å²) in [6.45, 7) is 10.0. The molecule has 0 aliphatic heterocycles. The lowest BCUT2D eigenvalue weighted by molar-refractivity contribution is 0.493. The standard InChI is InChI=1S/C7H13/c1-5-7(4)6(2)3/h6-7H,1H2,2-4H3/q-1. The van der Waals surface area contributed by atoms with E-state index in [9.17, 15) is 0 Å². The Hall–Kier alpha value is -0.260. The third-order valence-electron chi connectivity index (χ3n) is 1.32. The van der Waals surface area contributed by atoms with Crippen molar-refractivity contribution < 1.29 is 0 Å². The summed E-state index contributed by atoms with van der Waals surface area (Å²) in [5.74, 6) is 1.23. The summed E-state index contributed by atoms with van der Waals surface area (Å²) in [6, 6.07) is 0. The molecule has 0 aliphatic carbocycles. The summed E-state index contributed by atoms with van der Waals surface area (Å²) in [7, 11) is 0. The Morgan fingerprint density at radius 2 is 1.71 bits per heavy atom. The molecule has 0 aromatic rings. The fourth-order valence-electron chi connectivity index (χ4n) is 0.236. The Balaban J connectivity index is 3.33. The van der Waals surface area contributed by atoms with E-state index < -0.39 is 0 Å². The highest BCUT2D eigenvalue weighted by molar-refractivity contribution is 4.67. The topological polar surface area (TPSA) is 0 Å². The Labute approximate surface area is 46.2 Å². The summed E-state index contributed by atoms with van der Waals surface area (Å²) < 4.78 is 0. The smallest absolute Gasteiger partial charge is 0.0649 e. The number of hydrogen-bond acceptors (Lipinski definition) is 0. The number of allylic oxidation sites excluding steroid dienone is 1. The molecule has 0 N–H and O–H groups in total. The molecule has 0 aliphatic rings. The van der Waals surface area contributed by atoms with E-state index in [1.807, 2.05) is 0 Å². The van der Waals surface area contributed by atoms with Gasteiger partial charge >= 0.3 is 0 Å². The van der Waals surface area contributed by atoms with Crippen molar-refractivity contribution in [2.45, 2.75) is 20.8 Å². The summed E-state index contributed by atoms with van der Waals surface area (Å²) in [6.07, 6.45) is 2.91. The second-order valence-corrected chi connectivity index (χ2v) is 2.24. The van der Waals surface area contributed by atoms with E-state index in [0.29, 0.717) is 11.8 Å². The molecule has 0 bridgehead atoms. The van der Waals surface area contributed by atoms with E-state index in [1.54, 1.807) is 0 Å². The molecule has 0 rings (SSSR count). The lowest BCUT2D eigenvalue weighted by Crippen LogP contribution is -1.98. The monoisotopic (exact) mass is 97.1 g/mol. The van der Waals surface area contributed by atoms with Gasteiger partial charge in [-0.2, -0.15) is 5.92 Å². The molecule has 0 aromatic heterocycles. The van der Waals surface area contributed by atoms with Gasteiger partial charge < -0.3 is 6.08 Å². The van der Waals surface area contributed by atoms with Crippen molar-refractivity contribution in [2.75, 3.05) is 0 Å². The van der Waals surface area contributed by atoms with Crippen molar-refractivity contribution >= 4 is 0 Å². The highest BCUT2D eigenvalue weighted by atomic mass is 14.0. The van der Waals surface area contributed by atoms with Crippen molar-refractivity contribution in [3.63, 3.8) is 0 Å². The fraction of sp³-hybridized carbons (Fsp3) is 0.714. The van der Waals surface area contributed by atoms with E-state index in [-0.39, 0.29) is 0 Å². The normalized spacial score (nSPS) is 14.3. The van der Waals surface area contributed by atoms with E-state index in [0.717, 1.165) is 0 Å². The summed E-state index contributed by atoms with van der Waals surface area (Å²) in [4.78, 5) is 0. The van der Waals surface area contributed by atoms with Crippen LogP contribution in [0.1, 0.15) is 20.8 Å². The molecule has 42 valence electrons. The first-order chi connectivity index (χ1) is 3.18. The first-order valence-electron chi connectivity index (χ1n) is 2.71. The van der Waals surface area contributed by atoms with E-state index in [4.69, 9.17) is 0 Å². The highest BCUT2D eigenvalue weighted by Gasteiger charge is 1.88. The Morgan fingerprint density at radius 3 is 1.71 bits per heavy atom. The van der Waals surface area contributed by atoms with Crippen LogP contribution in [0.3, 0.4) is 0 Å². The van der Waals surface area contributed by atoms with Crippen LogP contribution in [0.5, 0.6) is 0 Å². The first-order valence-corrected chi connectivity index (χ1v) is 2.71. The molecule has 0 amide bonds. The minimum atomic E-state index is 0.542. The maximum Gasteiger partial charge on any atom is -0.0649 e. The van der Waals surface area contributed by atoms with Crippen LogP contribution >= 0.6 is 0 Å². The third-order valence-corrected chi connectivity index (χ3v) is 1.32. The van der Waals surface area contributed by atoms with Crippen LogP contribution in [-0.4, -0.2) is 0 Å². The maximum atomic E-state index is 3.56. The first kappa shape index (κ1) is 6.74. The molecule has 0 aromatic carbocycles. The zero-order valence-electron chi connectivity index (χ0n) is 5.36. The molecule has 0 radical (unpaired) electrons. The molecule has 0 spiro atoms. The van der Waals surface area contributed by atoms with Crippen LogP contribution in [0.4, 0.5) is 0 Å². The number of rotatable bonds is 2. The lowest BCUT2D eigenvalue weighted by Gasteiger charge is -2.19. The predicted octanol–water partition coefficient (Wildman–Crippen LogP) is 2.27. The Kier molecular flexibility index (Phi) is 2.73. The predicted molar refractivity (Wildman–Crippen MR) is 32.9 cm³/mol. The largest absolute Gasteiger partial charge is 0.501 e. The average Bonchev–Trinajstić information content (AvgIpc) is 1.65. The van der Waals surface area contributed by atoms with Gasteiger partial charge in [0.15, 0.2) is 0 Å². The SMILES string of the molecule is C=[C-]C(C)C(C)C. The van der Waals surface area contributed by atoms with Gasteiger partial charge in [-0.3, -0.25) is 6.58 Å². The van der Waals surface area contributed by atoms with Crippen LogP contribution in [0.15, 0.2) is 6.58 Å². The second-order valence-electron chi connectivity index (χ2n) is 2.24. The molecule has 0 fully saturated rings. The molecule has 7 heavy (non-hydrogen) atoms. The zero-order chi connectivity index (χ0) is 5.86. The molecule has 0 heterocycles. The third kappa shape index (κ3) is 2.44. The van der Waals surface area contributed by atoms with Gasteiger partial charge in [0.2, 0.25) is 0 Å². The summed E-state index contributed by atoms with van der Waals surface area (Å²) in [5, 5.41) is 0. The van der Waals surface area contributed by atoms with Gasteiger partial charge in [-0.05, 0) is 0 Å². The van der Waals surface area contributed by atoms with Gasteiger partial charge in [0.25, 0.3) is 0 Å². The quantitative estimate of drug-likeness (QED) is 0.464. The van der Waals surface area contributed by atoms with Crippen molar-refractivity contribution in [1.29, 1.82) is 0 Å². The molecule has 1 unspecified atom stereocenters. The van der Waals surface area contributed by atoms with Crippen LogP contribution in [0.2, 0.25) is 0 Å². The molecule has 1 atom stereocenters. The second kappa shape index (κ2) is 2.84. The molecule has 0 nitrogen and oxygen atoms in total. The van der Waals surface area contributed by atoms with E-state index in [1.165, 1.54) is 0 Å². The van der Waals surface area contributed by atoms with Gasteiger partial charge in [-0.25, -0.2) is 0 Å². The van der Waals surface area contributed by atoms with Gasteiger partial charge in [0.1, 0.15) is 0 Å². The van der Waals surface area contributed by atoms with E-state index >= 15 is 0 Å². The molecule has 0 heteroatoms. The van der Waals surface area contributed by atoms with Gasteiger partial charge in [0, 0.05) is 0 Å². The fourth-order valence-corrected chi connectivity index (χ4v) is 0.236. The van der Waals surface area contributed by atoms with Gasteiger partial charge in [-0.15, -0.1) is 0 Å². The summed E-state index contributed by atoms with van der Waals surface area (Å²) in [5.41, 5.74) is 0. The Morgan fingerprint density at radius 1 is 1.29 bits per heavy atom. The van der Waals surface area contributed by atoms with Crippen molar-refractivity contribution in [1.82, 2.24) is 0 Å². The van der Waals surface area contributed by atoms with Crippen LogP contribution in [-0.2, 0) is 0 Å². The minimum absolute atomic E-state index is 0.542. The van der Waals surface area contributed by atoms with Crippen LogP contribution < -0.4 is 0 Å². The van der Waals surface area contributed by atoms with Crippen LogP contribution in [0, 0.1) is 17.9 Å². The highest BCUT2D eigenvalue weighted by Crippen LogP contribution is 2.07. The van der Waals surface area contributed by atoms with Crippen molar-refractivity contribution in [3.8, 4) is 0 Å². The van der Waals surface area contributed by atoms with Crippen molar-refractivity contribution in [3.05, 3.63) is 12.7 Å². The minimum Gasteiger partial charge on any atom is -0.501 e. The lowest BCUT2D eigenvalue weighted by atomic mass is 9.99. The summed E-state index contributed by atoms with van der Waals surface area (Å²) >= 11 is 0. The zero-order valence-corrected chi connectivity index (χ0v) is 5.36. The molecule has 0 saturated heterocycles. The van der Waals surface area contributed by atoms with Crippen LogP contribution in [0.25, 0.3) is 0 Å². The average molecular weight is 97.2 g/mol. The molecular weight excluding hydrogens is 84.1 g/mol. The van der Waals surface area contributed by atoms with E-state index in [2.05, 4.69) is 33.4 Å². The van der Waals surface area contributed by atoms with Gasteiger partial charge in [0.05, 0.1) is 0 Å².